The summed E-state index contributed by atoms with van der Waals surface area (Å²) in [5.41, 5.74) is 4.31. The zero-order valence-corrected chi connectivity index (χ0v) is 14.5. The average Bonchev–Trinajstić information content (AvgIpc) is 2.45. The Labute approximate surface area is 144 Å². The Hall–Kier alpha value is -0.900. The Morgan fingerprint density at radius 1 is 1.25 bits per heavy atom. The number of halogens is 5. The molecule has 1 unspecified atom stereocenters. The zero-order chi connectivity index (χ0) is 17.4. The van der Waals surface area contributed by atoms with Crippen molar-refractivity contribution < 1.29 is 26.0 Å². The van der Waals surface area contributed by atoms with Crippen molar-refractivity contribution >= 4 is 22.4 Å². The van der Waals surface area contributed by atoms with E-state index in [2.05, 4.69) is 0 Å². The molecule has 0 aliphatic carbocycles. The van der Waals surface area contributed by atoms with E-state index in [4.69, 9.17) is 5.73 Å². The number of benzene rings is 1. The molecular formula is C14H19ClF4N2O2S. The summed E-state index contributed by atoms with van der Waals surface area (Å²) in [5, 5.41) is 0. The van der Waals surface area contributed by atoms with E-state index in [1.54, 1.807) is 0 Å². The average molecular weight is 391 g/mol. The molecule has 0 saturated carbocycles. The van der Waals surface area contributed by atoms with Crippen molar-refractivity contribution in [1.29, 1.82) is 0 Å². The van der Waals surface area contributed by atoms with Crippen LogP contribution in [0, 0.1) is 11.7 Å². The standard InChI is InChI=1S/C14H18F4N2O2S.ClH/c1-9(19)10-4-6-20(7-5-10)23(21,22)11-2-3-12(13(15)8-11)14(16,17)18;/h2-3,8-10H,4-7,19H2,1H3;1H. The summed E-state index contributed by atoms with van der Waals surface area (Å²) < 4.78 is 77.2. The second-order valence-corrected chi connectivity index (χ2v) is 7.68. The summed E-state index contributed by atoms with van der Waals surface area (Å²) in [6.07, 6.45) is -3.72. The van der Waals surface area contributed by atoms with E-state index in [1.807, 2.05) is 6.92 Å². The summed E-state index contributed by atoms with van der Waals surface area (Å²) in [6.45, 7) is 2.29. The van der Waals surface area contributed by atoms with Crippen molar-refractivity contribution in [2.24, 2.45) is 11.7 Å². The smallest absolute Gasteiger partial charge is 0.328 e. The van der Waals surface area contributed by atoms with Crippen LogP contribution in [0.25, 0.3) is 0 Å². The van der Waals surface area contributed by atoms with Gasteiger partial charge >= 0.3 is 6.18 Å². The van der Waals surface area contributed by atoms with Gasteiger partial charge in [0.25, 0.3) is 0 Å². The summed E-state index contributed by atoms with van der Waals surface area (Å²) >= 11 is 0. The van der Waals surface area contributed by atoms with Crippen LogP contribution in [0.1, 0.15) is 25.3 Å². The first-order valence-corrected chi connectivity index (χ1v) is 8.60. The molecule has 1 saturated heterocycles. The molecular weight excluding hydrogens is 372 g/mol. The molecule has 1 aliphatic heterocycles. The highest BCUT2D eigenvalue weighted by Crippen LogP contribution is 2.33. The maximum absolute atomic E-state index is 13.6. The number of rotatable bonds is 3. The molecule has 0 radical (unpaired) electrons. The first-order valence-electron chi connectivity index (χ1n) is 7.16. The van der Waals surface area contributed by atoms with Crippen LogP contribution in [0.3, 0.4) is 0 Å². The Morgan fingerprint density at radius 3 is 2.21 bits per heavy atom. The van der Waals surface area contributed by atoms with Crippen LogP contribution < -0.4 is 5.73 Å². The lowest BCUT2D eigenvalue weighted by Gasteiger charge is -2.33. The number of nitrogens with zero attached hydrogens (tertiary/aromatic N) is 1. The van der Waals surface area contributed by atoms with Gasteiger partial charge in [-0.1, -0.05) is 0 Å². The first kappa shape index (κ1) is 21.1. The number of nitrogens with two attached hydrogens (primary N) is 1. The number of hydrogen-bond donors (Lipinski definition) is 1. The molecule has 10 heteroatoms. The first-order chi connectivity index (χ1) is 10.5. The molecule has 1 aromatic rings. The van der Waals surface area contributed by atoms with E-state index in [1.165, 1.54) is 0 Å². The molecule has 0 aromatic heterocycles. The third-order valence-electron chi connectivity index (χ3n) is 4.13. The fraction of sp³-hybridized carbons (Fsp3) is 0.571. The van der Waals surface area contributed by atoms with Gasteiger partial charge < -0.3 is 5.73 Å². The van der Waals surface area contributed by atoms with E-state index >= 15 is 0 Å². The third kappa shape index (κ3) is 4.38. The molecule has 2 N–H and O–H groups in total. The van der Waals surface area contributed by atoms with Gasteiger partial charge in [-0.3, -0.25) is 0 Å². The predicted octanol–water partition coefficient (Wildman–Crippen LogP) is 3.01. The highest BCUT2D eigenvalue weighted by molar-refractivity contribution is 7.89. The molecule has 24 heavy (non-hydrogen) atoms. The minimum atomic E-state index is -4.86. The minimum absolute atomic E-state index is 0. The van der Waals surface area contributed by atoms with Crippen LogP contribution >= 0.6 is 12.4 Å². The van der Waals surface area contributed by atoms with Crippen molar-refractivity contribution in [2.75, 3.05) is 13.1 Å². The number of hydrogen-bond acceptors (Lipinski definition) is 3. The molecule has 1 aromatic carbocycles. The number of piperidine rings is 1. The molecule has 1 atom stereocenters. The van der Waals surface area contributed by atoms with Crippen molar-refractivity contribution in [3.63, 3.8) is 0 Å². The quantitative estimate of drug-likeness (QED) is 0.807. The number of alkyl halides is 3. The van der Waals surface area contributed by atoms with E-state index in [9.17, 15) is 26.0 Å². The van der Waals surface area contributed by atoms with E-state index in [0.717, 1.165) is 10.4 Å². The van der Waals surface area contributed by atoms with Gasteiger partial charge in [-0.15, -0.1) is 12.4 Å². The lowest BCUT2D eigenvalue weighted by atomic mass is 9.92. The molecule has 138 valence electrons. The normalized spacial score (nSPS) is 18.9. The Kier molecular flexibility index (Phi) is 6.65. The van der Waals surface area contributed by atoms with E-state index in [0.29, 0.717) is 25.0 Å². The maximum atomic E-state index is 13.6. The molecule has 2 rings (SSSR count). The molecule has 1 heterocycles. The molecule has 1 fully saturated rings. The monoisotopic (exact) mass is 390 g/mol. The molecule has 0 bridgehead atoms. The van der Waals surface area contributed by atoms with Crippen molar-refractivity contribution in [3.8, 4) is 0 Å². The third-order valence-corrected chi connectivity index (χ3v) is 6.02. The SMILES string of the molecule is CC(N)C1CCN(S(=O)(=O)c2ccc(C(F)(F)F)c(F)c2)CC1.Cl. The van der Waals surface area contributed by atoms with Crippen molar-refractivity contribution in [2.45, 2.75) is 36.9 Å². The van der Waals surface area contributed by atoms with E-state index in [-0.39, 0.29) is 37.5 Å². The van der Waals surface area contributed by atoms with Crippen LogP contribution in [0.2, 0.25) is 0 Å². The lowest BCUT2D eigenvalue weighted by molar-refractivity contribution is -0.140. The van der Waals surface area contributed by atoms with Crippen LogP contribution in [0.15, 0.2) is 23.1 Å². The van der Waals surface area contributed by atoms with Crippen molar-refractivity contribution in [3.05, 3.63) is 29.6 Å². The molecule has 0 amide bonds. The van der Waals surface area contributed by atoms with Gasteiger partial charge in [0.2, 0.25) is 10.0 Å². The Morgan fingerprint density at radius 2 is 1.79 bits per heavy atom. The molecule has 1 aliphatic rings. The van der Waals surface area contributed by atoms with Crippen LogP contribution in [-0.2, 0) is 16.2 Å². The topological polar surface area (TPSA) is 63.4 Å². The van der Waals surface area contributed by atoms with Gasteiger partial charge in [0.1, 0.15) is 5.82 Å². The predicted molar refractivity (Wildman–Crippen MR) is 83.8 cm³/mol. The van der Waals surface area contributed by atoms with E-state index < -0.39 is 32.5 Å². The minimum Gasteiger partial charge on any atom is -0.328 e. The summed E-state index contributed by atoms with van der Waals surface area (Å²) in [5.74, 6) is -1.39. The second-order valence-electron chi connectivity index (χ2n) is 5.74. The van der Waals surface area contributed by atoms with Crippen LogP contribution in [-0.4, -0.2) is 31.9 Å². The fourth-order valence-corrected chi connectivity index (χ4v) is 4.16. The Bertz CT molecular complexity index is 672. The molecule has 4 nitrogen and oxygen atoms in total. The van der Waals surface area contributed by atoms with Gasteiger partial charge in [-0.05, 0) is 43.9 Å². The largest absolute Gasteiger partial charge is 0.419 e. The van der Waals surface area contributed by atoms with Gasteiger partial charge in [0.15, 0.2) is 0 Å². The highest BCUT2D eigenvalue weighted by atomic mass is 35.5. The fourth-order valence-electron chi connectivity index (χ4n) is 2.68. The van der Waals surface area contributed by atoms with Gasteiger partial charge in [-0.25, -0.2) is 12.8 Å². The van der Waals surface area contributed by atoms with Crippen LogP contribution in [0.5, 0.6) is 0 Å². The Balaban J connectivity index is 0.00000288. The van der Waals surface area contributed by atoms with Crippen LogP contribution in [0.4, 0.5) is 17.6 Å². The summed E-state index contributed by atoms with van der Waals surface area (Å²) in [4.78, 5) is -0.470. The van der Waals surface area contributed by atoms with Gasteiger partial charge in [-0.2, -0.15) is 17.5 Å². The molecule has 0 spiro atoms. The second kappa shape index (κ2) is 7.55. The summed E-state index contributed by atoms with van der Waals surface area (Å²) in [6, 6.07) is 1.62. The zero-order valence-electron chi connectivity index (χ0n) is 12.9. The lowest BCUT2D eigenvalue weighted by Crippen LogP contribution is -2.42. The van der Waals surface area contributed by atoms with Gasteiger partial charge in [0, 0.05) is 19.1 Å². The maximum Gasteiger partial charge on any atom is 0.419 e. The number of sulfonamides is 1. The van der Waals surface area contributed by atoms with Gasteiger partial charge in [0.05, 0.1) is 10.5 Å². The van der Waals surface area contributed by atoms with Crippen molar-refractivity contribution in [1.82, 2.24) is 4.31 Å². The highest BCUT2D eigenvalue weighted by Gasteiger charge is 2.36. The summed E-state index contributed by atoms with van der Waals surface area (Å²) in [7, 11) is -4.01.